The molecule has 0 atom stereocenters. The SMILES string of the molecule is Br[B]Br.COc1ccc(Br)c(C(=O)O)c1.COc1ccc2c(c1)c(=O)oc1cc(O)ccc12.O=c1oc2cc(O)ccc2c2ccc(O)cc12.Oc1cccc(O)c1. The maximum atomic E-state index is 11.9. The van der Waals surface area contributed by atoms with Crippen LogP contribution in [0.25, 0.3) is 43.5 Å². The molecular formula is C41H31BBr3O13. The van der Waals surface area contributed by atoms with E-state index in [1.807, 2.05) is 6.07 Å². The van der Waals surface area contributed by atoms with E-state index in [0.717, 1.165) is 16.2 Å². The van der Waals surface area contributed by atoms with Gasteiger partial charge in [0.1, 0.15) is 51.4 Å². The Bertz CT molecular complexity index is 2810. The van der Waals surface area contributed by atoms with Gasteiger partial charge in [0.05, 0.1) is 30.6 Å². The Labute approximate surface area is 354 Å². The number of hydrogen-bond donors (Lipinski definition) is 6. The maximum absolute atomic E-state index is 11.9. The second-order valence-electron chi connectivity index (χ2n) is 11.5. The van der Waals surface area contributed by atoms with E-state index < -0.39 is 17.2 Å². The van der Waals surface area contributed by atoms with Crippen molar-refractivity contribution in [3.8, 4) is 40.2 Å². The Balaban J connectivity index is 0.000000173. The summed E-state index contributed by atoms with van der Waals surface area (Å²) < 4.78 is 20.8. The van der Waals surface area contributed by atoms with Gasteiger partial charge in [0.2, 0.25) is 0 Å². The van der Waals surface area contributed by atoms with Crippen LogP contribution in [0, 0.1) is 0 Å². The summed E-state index contributed by atoms with van der Waals surface area (Å²) in [6.45, 7) is 0. The van der Waals surface area contributed by atoms with Crippen molar-refractivity contribution in [2.45, 2.75) is 0 Å². The zero-order valence-corrected chi connectivity index (χ0v) is 35.0. The number of hydrogen-bond acceptors (Lipinski definition) is 12. The molecule has 0 unspecified atom stereocenters. The lowest BCUT2D eigenvalue weighted by Crippen LogP contribution is -2.00. The molecule has 0 bridgehead atoms. The third-order valence-electron chi connectivity index (χ3n) is 7.82. The number of phenolic OH excluding ortho intramolecular Hbond substituents is 5. The van der Waals surface area contributed by atoms with Crippen molar-refractivity contribution in [3.63, 3.8) is 0 Å². The van der Waals surface area contributed by atoms with E-state index in [1.165, 1.54) is 61.7 Å². The quantitative estimate of drug-likeness (QED) is 0.0553. The van der Waals surface area contributed by atoms with Crippen LogP contribution < -0.4 is 20.7 Å². The predicted molar refractivity (Wildman–Crippen MR) is 233 cm³/mol. The molecule has 6 aromatic carbocycles. The van der Waals surface area contributed by atoms with Crippen molar-refractivity contribution in [2.24, 2.45) is 0 Å². The molecule has 0 saturated heterocycles. The number of methoxy groups -OCH3 is 2. The maximum Gasteiger partial charge on any atom is 0.344 e. The monoisotopic (exact) mass is 979 g/mol. The first-order valence-corrected chi connectivity index (χ1v) is 19.0. The molecule has 2 aromatic heterocycles. The van der Waals surface area contributed by atoms with Gasteiger partial charge in [0, 0.05) is 44.2 Å². The second kappa shape index (κ2) is 20.8. The zero-order chi connectivity index (χ0) is 42.5. The number of benzene rings is 6. The lowest BCUT2D eigenvalue weighted by molar-refractivity contribution is 0.0695. The van der Waals surface area contributed by atoms with Crippen LogP contribution in [0.5, 0.6) is 40.2 Å². The molecule has 0 amide bonds. The van der Waals surface area contributed by atoms with Crippen LogP contribution >= 0.6 is 47.4 Å². The number of carboxylic acid groups (broad SMARTS) is 1. The van der Waals surface area contributed by atoms with Gasteiger partial charge in [-0.15, -0.1) is 31.5 Å². The lowest BCUT2D eigenvalue weighted by atomic mass is 10.1. The minimum absolute atomic E-state index is 0.0166. The number of halogens is 3. The van der Waals surface area contributed by atoms with Crippen molar-refractivity contribution in [1.82, 2.24) is 0 Å². The van der Waals surface area contributed by atoms with Crippen LogP contribution in [0.2, 0.25) is 0 Å². The van der Waals surface area contributed by atoms with Crippen LogP contribution in [-0.4, -0.2) is 55.8 Å². The molecule has 0 aliphatic heterocycles. The molecule has 0 fully saturated rings. The molecule has 17 heteroatoms. The highest BCUT2D eigenvalue weighted by molar-refractivity contribution is 9.47. The molecule has 6 N–H and O–H groups in total. The molecule has 0 aliphatic carbocycles. The van der Waals surface area contributed by atoms with E-state index in [-0.39, 0.29) is 34.3 Å². The number of aromatic hydroxyl groups is 5. The first-order valence-electron chi connectivity index (χ1n) is 16.4. The topological polar surface area (TPSA) is 217 Å². The number of ether oxygens (including phenoxy) is 2. The van der Waals surface area contributed by atoms with Gasteiger partial charge in [-0.3, -0.25) is 0 Å². The third kappa shape index (κ3) is 11.7. The van der Waals surface area contributed by atoms with E-state index >= 15 is 0 Å². The molecular weight excluding hydrogens is 951 g/mol. The fourth-order valence-corrected chi connectivity index (χ4v) is 5.64. The van der Waals surface area contributed by atoms with Gasteiger partial charge in [0.25, 0.3) is 4.93 Å². The highest BCUT2D eigenvalue weighted by Gasteiger charge is 2.11. The standard InChI is InChI=1S/C14H10O4.C13H8O4.C8H7BrO3.C6H6O2.BBr2/c1-17-9-3-5-10-11-4-2-8(15)6-13(11)18-14(16)12(10)7-9;14-7-1-3-9-10-4-2-8(15)6-12(10)17-13(16)11(9)5-7;1-12-5-2-3-7(9)6(4-5)8(10)11;7-5-2-1-3-6(8)4-5;2-1-3/h2-7,15H,1H3;1-6,14-15H;2-4H,1H3,(H,10,11);1-4,7-8H;. The number of rotatable bonds is 3. The number of carbonyl (C=O) groups is 1. The number of phenols is 5. The molecule has 0 spiro atoms. The number of carboxylic acids is 1. The average Bonchev–Trinajstić information content (AvgIpc) is 3.19. The summed E-state index contributed by atoms with van der Waals surface area (Å²) in [4.78, 5) is 35.8. The number of aromatic carboxylic acids is 1. The Morgan fingerprint density at radius 2 is 0.931 bits per heavy atom. The zero-order valence-electron chi connectivity index (χ0n) is 30.2. The Morgan fingerprint density at radius 3 is 1.38 bits per heavy atom. The normalized spacial score (nSPS) is 10.1. The van der Waals surface area contributed by atoms with Crippen molar-refractivity contribution in [1.29, 1.82) is 0 Å². The minimum atomic E-state index is -0.972. The smallest absolute Gasteiger partial charge is 0.344 e. The summed E-state index contributed by atoms with van der Waals surface area (Å²) >= 11 is 9.00. The van der Waals surface area contributed by atoms with Crippen molar-refractivity contribution < 1.29 is 53.7 Å². The van der Waals surface area contributed by atoms with E-state index in [2.05, 4.69) is 47.4 Å². The fourth-order valence-electron chi connectivity index (χ4n) is 5.22. The highest BCUT2D eigenvalue weighted by atomic mass is 79.9. The average molecular weight is 982 g/mol. The first-order chi connectivity index (χ1) is 27.7. The Morgan fingerprint density at radius 1 is 0.534 bits per heavy atom. The summed E-state index contributed by atoms with van der Waals surface area (Å²) in [5.41, 5.74) is -0.0730. The molecule has 2 heterocycles. The van der Waals surface area contributed by atoms with Gasteiger partial charge in [-0.2, -0.15) is 0 Å². The van der Waals surface area contributed by atoms with Crippen LogP contribution in [0.1, 0.15) is 10.4 Å². The van der Waals surface area contributed by atoms with Crippen molar-refractivity contribution in [2.75, 3.05) is 14.2 Å². The summed E-state index contributed by atoms with van der Waals surface area (Å²) in [6, 6.07) is 29.7. The fraction of sp³-hybridized carbons (Fsp3) is 0.0488. The summed E-state index contributed by atoms with van der Waals surface area (Å²) in [5, 5.41) is 57.8. The summed E-state index contributed by atoms with van der Waals surface area (Å²) in [6.07, 6.45) is 0. The van der Waals surface area contributed by atoms with E-state index in [0.29, 0.717) is 43.3 Å². The molecule has 0 aliphatic rings. The van der Waals surface area contributed by atoms with Gasteiger partial charge in [-0.05, 0) is 107 Å². The van der Waals surface area contributed by atoms with Gasteiger partial charge in [-0.25, -0.2) is 14.4 Å². The second-order valence-corrected chi connectivity index (χ2v) is 14.5. The van der Waals surface area contributed by atoms with Crippen LogP contribution in [0.15, 0.2) is 138 Å². The highest BCUT2D eigenvalue weighted by Crippen LogP contribution is 2.29. The largest absolute Gasteiger partial charge is 0.508 e. The van der Waals surface area contributed by atoms with E-state index in [9.17, 15) is 29.7 Å². The molecule has 0 saturated carbocycles. The molecule has 1 radical (unpaired) electrons. The predicted octanol–water partition coefficient (Wildman–Crippen LogP) is 9.58. The molecule has 13 nitrogen and oxygen atoms in total. The van der Waals surface area contributed by atoms with E-state index in [4.69, 9.17) is 33.6 Å². The van der Waals surface area contributed by atoms with Gasteiger partial charge in [-0.1, -0.05) is 6.07 Å². The minimum Gasteiger partial charge on any atom is -0.508 e. The first kappa shape index (κ1) is 44.5. The summed E-state index contributed by atoms with van der Waals surface area (Å²) in [5.74, 6) is 0.472. The Hall–Kier alpha value is -6.17. The number of fused-ring (bicyclic) bond motifs is 6. The van der Waals surface area contributed by atoms with Crippen LogP contribution in [0.3, 0.4) is 0 Å². The van der Waals surface area contributed by atoms with Gasteiger partial charge >= 0.3 is 17.2 Å². The van der Waals surface area contributed by atoms with Crippen LogP contribution in [0.4, 0.5) is 0 Å². The third-order valence-corrected chi connectivity index (χ3v) is 8.51. The summed E-state index contributed by atoms with van der Waals surface area (Å²) in [7, 11) is 3.04. The molecule has 8 aromatic rings. The molecule has 8 rings (SSSR count). The van der Waals surface area contributed by atoms with E-state index in [1.54, 1.807) is 66.6 Å². The van der Waals surface area contributed by atoms with Gasteiger partial charge in [0.15, 0.2) is 0 Å². The van der Waals surface area contributed by atoms with Crippen LogP contribution in [-0.2, 0) is 0 Å². The van der Waals surface area contributed by atoms with Gasteiger partial charge < -0.3 is 48.9 Å². The lowest BCUT2D eigenvalue weighted by Gasteiger charge is -2.04. The molecule has 297 valence electrons. The van der Waals surface area contributed by atoms with Crippen molar-refractivity contribution >= 4 is 102 Å². The Kier molecular flexibility index (Phi) is 16.0. The molecule has 58 heavy (non-hydrogen) atoms. The van der Waals surface area contributed by atoms with Crippen molar-refractivity contribution in [3.05, 3.63) is 146 Å².